The highest BCUT2D eigenvalue weighted by Crippen LogP contribution is 2.28. The number of halogens is 2. The molecule has 0 fully saturated rings. The Bertz CT molecular complexity index is 491. The van der Waals surface area contributed by atoms with Crippen LogP contribution in [0.4, 0.5) is 0 Å². The number of methoxy groups -OCH3 is 1. The first kappa shape index (κ1) is 18.7. The standard InChI is InChI=1S/C16H23Cl2NOS/c1-5-16(2,3)19-10-12(9-15(21)20-4)11-6-7-13(17)14(18)8-11/h6-8,12,19H,5,9-10H2,1-4H3. The fraction of sp³-hybridized carbons (Fsp3) is 0.562. The molecule has 1 aromatic rings. The molecule has 0 aliphatic carbocycles. The molecule has 0 saturated carbocycles. The molecule has 1 rings (SSSR count). The first-order valence-electron chi connectivity index (χ1n) is 7.06. The molecule has 0 heterocycles. The van der Waals surface area contributed by atoms with Crippen molar-refractivity contribution >= 4 is 40.5 Å². The molecular formula is C16H23Cl2NOS. The normalized spacial score (nSPS) is 13.0. The lowest BCUT2D eigenvalue weighted by atomic mass is 9.93. The maximum Gasteiger partial charge on any atom is 0.159 e. The third-order valence-corrected chi connectivity index (χ3v) is 4.84. The lowest BCUT2D eigenvalue weighted by Crippen LogP contribution is -2.41. The molecule has 0 saturated heterocycles. The molecule has 0 aromatic heterocycles. The van der Waals surface area contributed by atoms with E-state index in [9.17, 15) is 0 Å². The van der Waals surface area contributed by atoms with Crippen molar-refractivity contribution in [2.45, 2.75) is 45.1 Å². The second kappa shape index (κ2) is 8.33. The van der Waals surface area contributed by atoms with Crippen molar-refractivity contribution in [3.63, 3.8) is 0 Å². The van der Waals surface area contributed by atoms with E-state index in [1.807, 2.05) is 18.2 Å². The molecule has 1 N–H and O–H groups in total. The number of nitrogens with one attached hydrogen (secondary N) is 1. The molecule has 21 heavy (non-hydrogen) atoms. The van der Waals surface area contributed by atoms with Crippen LogP contribution in [0, 0.1) is 0 Å². The monoisotopic (exact) mass is 347 g/mol. The summed E-state index contributed by atoms with van der Waals surface area (Å²) in [6, 6.07) is 5.73. The van der Waals surface area contributed by atoms with Gasteiger partial charge in [0, 0.05) is 24.4 Å². The fourth-order valence-corrected chi connectivity index (χ4v) is 2.39. The van der Waals surface area contributed by atoms with Crippen molar-refractivity contribution in [2.75, 3.05) is 13.7 Å². The van der Waals surface area contributed by atoms with Crippen molar-refractivity contribution in [1.29, 1.82) is 0 Å². The van der Waals surface area contributed by atoms with Gasteiger partial charge < -0.3 is 10.1 Å². The predicted octanol–water partition coefficient (Wildman–Crippen LogP) is 5.22. The molecule has 0 aliphatic rings. The third-order valence-electron chi connectivity index (χ3n) is 3.77. The summed E-state index contributed by atoms with van der Waals surface area (Å²) in [6.45, 7) is 7.35. The van der Waals surface area contributed by atoms with Gasteiger partial charge in [0.15, 0.2) is 5.05 Å². The summed E-state index contributed by atoms with van der Waals surface area (Å²) in [4.78, 5) is 0. The summed E-state index contributed by atoms with van der Waals surface area (Å²) in [5, 5.41) is 5.31. The highest BCUT2D eigenvalue weighted by Gasteiger charge is 2.20. The molecule has 0 aliphatic heterocycles. The zero-order chi connectivity index (χ0) is 16.0. The van der Waals surface area contributed by atoms with Gasteiger partial charge in [0.25, 0.3) is 0 Å². The number of hydrogen-bond acceptors (Lipinski definition) is 3. The molecule has 0 spiro atoms. The Balaban J connectivity index is 2.90. The van der Waals surface area contributed by atoms with Gasteiger partial charge in [-0.1, -0.05) is 36.2 Å². The summed E-state index contributed by atoms with van der Waals surface area (Å²) in [6.07, 6.45) is 1.73. The van der Waals surface area contributed by atoms with Crippen molar-refractivity contribution < 1.29 is 4.74 Å². The van der Waals surface area contributed by atoms with Gasteiger partial charge in [0.1, 0.15) is 0 Å². The molecule has 0 amide bonds. The minimum Gasteiger partial charge on any atom is -0.490 e. The summed E-state index contributed by atoms with van der Waals surface area (Å²) in [7, 11) is 1.61. The Morgan fingerprint density at radius 1 is 1.33 bits per heavy atom. The Morgan fingerprint density at radius 2 is 2.00 bits per heavy atom. The largest absolute Gasteiger partial charge is 0.490 e. The Hall–Kier alpha value is -0.350. The van der Waals surface area contributed by atoms with Gasteiger partial charge in [-0.25, -0.2) is 0 Å². The maximum absolute atomic E-state index is 6.13. The summed E-state index contributed by atoms with van der Waals surface area (Å²) in [5.74, 6) is 0.207. The van der Waals surface area contributed by atoms with Gasteiger partial charge in [-0.2, -0.15) is 0 Å². The van der Waals surface area contributed by atoms with Crippen LogP contribution in [0.2, 0.25) is 10.0 Å². The quantitative estimate of drug-likeness (QED) is 0.683. The van der Waals surface area contributed by atoms with Crippen LogP contribution in [-0.2, 0) is 4.74 Å². The second-order valence-electron chi connectivity index (χ2n) is 5.77. The van der Waals surface area contributed by atoms with E-state index in [1.54, 1.807) is 7.11 Å². The third kappa shape index (κ3) is 6.11. The van der Waals surface area contributed by atoms with Crippen LogP contribution in [0.5, 0.6) is 0 Å². The van der Waals surface area contributed by atoms with Crippen molar-refractivity contribution in [3.05, 3.63) is 33.8 Å². The van der Waals surface area contributed by atoms with E-state index < -0.39 is 0 Å². The Kier molecular flexibility index (Phi) is 7.41. The highest BCUT2D eigenvalue weighted by atomic mass is 35.5. The van der Waals surface area contributed by atoms with Crippen LogP contribution in [0.25, 0.3) is 0 Å². The summed E-state index contributed by atoms with van der Waals surface area (Å²) < 4.78 is 5.16. The van der Waals surface area contributed by atoms with Crippen molar-refractivity contribution in [3.8, 4) is 0 Å². The van der Waals surface area contributed by atoms with Crippen LogP contribution in [0.15, 0.2) is 18.2 Å². The van der Waals surface area contributed by atoms with Crippen LogP contribution in [-0.4, -0.2) is 24.2 Å². The Morgan fingerprint density at radius 3 is 2.52 bits per heavy atom. The van der Waals surface area contributed by atoms with E-state index >= 15 is 0 Å². The van der Waals surface area contributed by atoms with E-state index in [1.165, 1.54) is 0 Å². The average Bonchev–Trinajstić information content (AvgIpc) is 2.46. The predicted molar refractivity (Wildman–Crippen MR) is 95.8 cm³/mol. The molecule has 118 valence electrons. The molecule has 0 bridgehead atoms. The fourth-order valence-electron chi connectivity index (χ4n) is 1.88. The summed E-state index contributed by atoms with van der Waals surface area (Å²) in [5.41, 5.74) is 1.20. The molecule has 0 radical (unpaired) electrons. The molecule has 5 heteroatoms. The van der Waals surface area contributed by atoms with E-state index in [2.05, 4.69) is 26.1 Å². The van der Waals surface area contributed by atoms with Crippen LogP contribution >= 0.6 is 35.4 Å². The lowest BCUT2D eigenvalue weighted by molar-refractivity contribution is 0.354. The number of thiocarbonyl (C=S) groups is 1. The molecular weight excluding hydrogens is 325 g/mol. The van der Waals surface area contributed by atoms with Crippen LogP contribution < -0.4 is 5.32 Å². The molecule has 1 atom stereocenters. The van der Waals surface area contributed by atoms with Crippen LogP contribution in [0.1, 0.15) is 45.1 Å². The van der Waals surface area contributed by atoms with Crippen molar-refractivity contribution in [2.24, 2.45) is 0 Å². The van der Waals surface area contributed by atoms with Gasteiger partial charge in [0.2, 0.25) is 0 Å². The minimum absolute atomic E-state index is 0.0865. The van der Waals surface area contributed by atoms with Gasteiger partial charge in [-0.15, -0.1) is 0 Å². The number of hydrogen-bond donors (Lipinski definition) is 1. The van der Waals surface area contributed by atoms with E-state index in [4.69, 9.17) is 40.2 Å². The molecule has 1 unspecified atom stereocenters. The first-order valence-corrected chi connectivity index (χ1v) is 8.22. The van der Waals surface area contributed by atoms with E-state index in [0.717, 1.165) is 18.5 Å². The lowest BCUT2D eigenvalue weighted by Gasteiger charge is -2.28. The first-order chi connectivity index (χ1) is 9.79. The van der Waals surface area contributed by atoms with Crippen LogP contribution in [0.3, 0.4) is 0 Å². The second-order valence-corrected chi connectivity index (χ2v) is 7.04. The SMILES string of the molecule is CCC(C)(C)NCC(CC(=S)OC)c1ccc(Cl)c(Cl)c1. The molecule has 1 aromatic carbocycles. The molecule has 2 nitrogen and oxygen atoms in total. The highest BCUT2D eigenvalue weighted by molar-refractivity contribution is 7.80. The zero-order valence-electron chi connectivity index (χ0n) is 13.0. The minimum atomic E-state index is 0.0865. The number of benzene rings is 1. The number of rotatable bonds is 7. The van der Waals surface area contributed by atoms with E-state index in [0.29, 0.717) is 21.5 Å². The van der Waals surface area contributed by atoms with Gasteiger partial charge in [-0.05, 0) is 50.2 Å². The maximum atomic E-state index is 6.13. The van der Waals surface area contributed by atoms with Gasteiger partial charge in [0.05, 0.1) is 17.2 Å². The number of ether oxygens (including phenoxy) is 1. The van der Waals surface area contributed by atoms with Crippen molar-refractivity contribution in [1.82, 2.24) is 5.32 Å². The summed E-state index contributed by atoms with van der Waals surface area (Å²) >= 11 is 17.3. The van der Waals surface area contributed by atoms with E-state index in [-0.39, 0.29) is 11.5 Å². The van der Waals surface area contributed by atoms with Gasteiger partial charge >= 0.3 is 0 Å². The average molecular weight is 348 g/mol. The zero-order valence-corrected chi connectivity index (χ0v) is 15.3. The van der Waals surface area contributed by atoms with Gasteiger partial charge in [-0.3, -0.25) is 0 Å². The topological polar surface area (TPSA) is 21.3 Å². The smallest absolute Gasteiger partial charge is 0.159 e. The Labute approximate surface area is 143 Å².